The van der Waals surface area contributed by atoms with E-state index in [9.17, 15) is 9.59 Å². The Morgan fingerprint density at radius 2 is 1.68 bits per heavy atom. The van der Waals surface area contributed by atoms with E-state index in [4.69, 9.17) is 4.74 Å². The highest BCUT2D eigenvalue weighted by Crippen LogP contribution is 2.22. The smallest absolute Gasteiger partial charge is 0.259 e. The molecule has 5 heteroatoms. The quantitative estimate of drug-likeness (QED) is 0.841. The van der Waals surface area contributed by atoms with Gasteiger partial charge in [-0.2, -0.15) is 0 Å². The van der Waals surface area contributed by atoms with Gasteiger partial charge in [-0.1, -0.05) is 37.3 Å². The first-order valence-corrected chi connectivity index (χ1v) is 8.30. The van der Waals surface area contributed by atoms with Crippen LogP contribution in [0.25, 0.3) is 0 Å². The molecule has 0 aliphatic rings. The van der Waals surface area contributed by atoms with Crippen LogP contribution in [0.5, 0.6) is 5.75 Å². The third kappa shape index (κ3) is 5.35. The summed E-state index contributed by atoms with van der Waals surface area (Å²) in [5, 5.41) is 2.93. The minimum Gasteiger partial charge on any atom is -0.484 e. The van der Waals surface area contributed by atoms with Gasteiger partial charge >= 0.3 is 0 Å². The maximum absolute atomic E-state index is 12.5. The number of hydrogen-bond acceptors (Lipinski definition) is 3. The summed E-state index contributed by atoms with van der Waals surface area (Å²) >= 11 is 0. The topological polar surface area (TPSA) is 58.6 Å². The predicted molar refractivity (Wildman–Crippen MR) is 98.7 cm³/mol. The molecule has 0 saturated heterocycles. The van der Waals surface area contributed by atoms with Crippen LogP contribution in [0, 0.1) is 0 Å². The van der Waals surface area contributed by atoms with E-state index in [-0.39, 0.29) is 24.3 Å². The number of nitrogens with zero attached hydrogens (tertiary/aromatic N) is 1. The van der Waals surface area contributed by atoms with Crippen LogP contribution in [0.15, 0.2) is 54.6 Å². The van der Waals surface area contributed by atoms with Crippen LogP contribution in [0.1, 0.15) is 24.8 Å². The Labute approximate surface area is 148 Å². The van der Waals surface area contributed by atoms with Crippen LogP contribution in [0.2, 0.25) is 0 Å². The molecule has 0 heterocycles. The molecule has 0 fully saturated rings. The minimum atomic E-state index is -0.185. The fourth-order valence-corrected chi connectivity index (χ4v) is 2.40. The molecule has 132 valence electrons. The van der Waals surface area contributed by atoms with Crippen molar-refractivity contribution in [2.45, 2.75) is 19.3 Å². The molecular weight excluding hydrogens is 316 g/mol. The number of hydrogen-bond donors (Lipinski definition) is 1. The Balaban J connectivity index is 1.96. The summed E-state index contributed by atoms with van der Waals surface area (Å²) in [4.78, 5) is 25.5. The molecule has 0 bridgehead atoms. The van der Waals surface area contributed by atoms with E-state index in [1.54, 1.807) is 38.4 Å². The van der Waals surface area contributed by atoms with Crippen molar-refractivity contribution in [3.05, 3.63) is 60.2 Å². The summed E-state index contributed by atoms with van der Waals surface area (Å²) in [6, 6.07) is 16.8. The Bertz CT molecular complexity index is 697. The van der Waals surface area contributed by atoms with Gasteiger partial charge in [-0.25, -0.2) is 0 Å². The van der Waals surface area contributed by atoms with Gasteiger partial charge in [0.2, 0.25) is 5.91 Å². The third-order valence-corrected chi connectivity index (χ3v) is 3.91. The molecule has 0 saturated carbocycles. The fourth-order valence-electron chi connectivity index (χ4n) is 2.40. The lowest BCUT2D eigenvalue weighted by molar-refractivity contribution is -0.130. The summed E-state index contributed by atoms with van der Waals surface area (Å²) < 4.78 is 5.42. The number of amides is 2. The van der Waals surface area contributed by atoms with E-state index in [0.717, 1.165) is 12.0 Å². The lowest BCUT2D eigenvalue weighted by Gasteiger charge is -2.16. The van der Waals surface area contributed by atoms with Crippen molar-refractivity contribution >= 4 is 17.5 Å². The molecule has 25 heavy (non-hydrogen) atoms. The zero-order chi connectivity index (χ0) is 18.2. The summed E-state index contributed by atoms with van der Waals surface area (Å²) in [5.41, 5.74) is 1.70. The van der Waals surface area contributed by atoms with Gasteiger partial charge in [-0.3, -0.25) is 9.59 Å². The number of rotatable bonds is 7. The van der Waals surface area contributed by atoms with Crippen molar-refractivity contribution in [2.75, 3.05) is 26.0 Å². The van der Waals surface area contributed by atoms with Crippen molar-refractivity contribution in [3.8, 4) is 5.75 Å². The highest BCUT2D eigenvalue weighted by Gasteiger charge is 2.18. The summed E-state index contributed by atoms with van der Waals surface area (Å²) in [5.74, 6) is 0.259. The standard InChI is InChI=1S/C20H24N2O3/c1-4-18(15-8-6-5-7-9-15)20(24)21-16-10-12-17(13-11-16)25-14-19(23)22(2)3/h5-13,18H,4,14H2,1-3H3,(H,21,24). The zero-order valence-corrected chi connectivity index (χ0v) is 14.9. The van der Waals surface area contributed by atoms with E-state index in [0.29, 0.717) is 11.4 Å². The summed E-state index contributed by atoms with van der Waals surface area (Å²) in [7, 11) is 3.36. The molecule has 0 aliphatic carbocycles. The molecule has 2 aromatic carbocycles. The van der Waals surface area contributed by atoms with Gasteiger partial charge in [0.25, 0.3) is 5.91 Å². The molecule has 1 atom stereocenters. The van der Waals surface area contributed by atoms with Crippen molar-refractivity contribution in [2.24, 2.45) is 0 Å². The van der Waals surface area contributed by atoms with E-state index in [1.807, 2.05) is 37.3 Å². The SMILES string of the molecule is CCC(C(=O)Nc1ccc(OCC(=O)N(C)C)cc1)c1ccccc1. The normalized spacial score (nSPS) is 11.5. The van der Waals surface area contributed by atoms with Gasteiger partial charge < -0.3 is 15.0 Å². The summed E-state index contributed by atoms with van der Waals surface area (Å²) in [6.07, 6.45) is 0.726. The van der Waals surface area contributed by atoms with Crippen molar-refractivity contribution in [1.29, 1.82) is 0 Å². The van der Waals surface area contributed by atoms with Gasteiger partial charge in [0.1, 0.15) is 5.75 Å². The van der Waals surface area contributed by atoms with E-state index < -0.39 is 0 Å². The Kier molecular flexibility index (Phi) is 6.57. The molecule has 1 unspecified atom stereocenters. The number of carbonyl (C=O) groups excluding carboxylic acids is 2. The van der Waals surface area contributed by atoms with Crippen LogP contribution >= 0.6 is 0 Å². The number of ether oxygens (including phenoxy) is 1. The second-order valence-electron chi connectivity index (χ2n) is 5.96. The molecule has 0 aliphatic heterocycles. The maximum atomic E-state index is 12.5. The first-order valence-electron chi connectivity index (χ1n) is 8.30. The molecule has 2 rings (SSSR count). The van der Waals surface area contributed by atoms with Crippen LogP contribution in [0.4, 0.5) is 5.69 Å². The number of benzene rings is 2. The average molecular weight is 340 g/mol. The Morgan fingerprint density at radius 1 is 1.04 bits per heavy atom. The second kappa shape index (κ2) is 8.87. The van der Waals surface area contributed by atoms with Gasteiger partial charge in [0, 0.05) is 19.8 Å². The highest BCUT2D eigenvalue weighted by atomic mass is 16.5. The molecule has 0 aromatic heterocycles. The molecule has 2 aromatic rings. The first kappa shape index (κ1) is 18.5. The molecule has 2 amide bonds. The fraction of sp³-hybridized carbons (Fsp3) is 0.300. The van der Waals surface area contributed by atoms with Crippen LogP contribution < -0.4 is 10.1 Å². The van der Waals surface area contributed by atoms with Crippen molar-refractivity contribution < 1.29 is 14.3 Å². The van der Waals surface area contributed by atoms with Gasteiger partial charge in [-0.15, -0.1) is 0 Å². The van der Waals surface area contributed by atoms with Gasteiger partial charge in [0.05, 0.1) is 5.92 Å². The number of nitrogens with one attached hydrogen (secondary N) is 1. The second-order valence-corrected chi connectivity index (χ2v) is 5.96. The average Bonchev–Trinajstić information content (AvgIpc) is 2.62. The van der Waals surface area contributed by atoms with Crippen molar-refractivity contribution in [3.63, 3.8) is 0 Å². The van der Waals surface area contributed by atoms with Crippen LogP contribution in [0.3, 0.4) is 0 Å². The van der Waals surface area contributed by atoms with Crippen molar-refractivity contribution in [1.82, 2.24) is 4.90 Å². The molecular formula is C20H24N2O3. The number of carbonyl (C=O) groups is 2. The maximum Gasteiger partial charge on any atom is 0.259 e. The lowest BCUT2D eigenvalue weighted by atomic mass is 9.95. The van der Waals surface area contributed by atoms with Crippen LogP contribution in [-0.2, 0) is 9.59 Å². The highest BCUT2D eigenvalue weighted by molar-refractivity contribution is 5.95. The molecule has 0 radical (unpaired) electrons. The Hall–Kier alpha value is -2.82. The van der Waals surface area contributed by atoms with E-state index in [1.165, 1.54) is 4.90 Å². The van der Waals surface area contributed by atoms with E-state index >= 15 is 0 Å². The zero-order valence-electron chi connectivity index (χ0n) is 14.9. The number of likely N-dealkylation sites (N-methyl/N-ethyl adjacent to an activating group) is 1. The molecule has 0 spiro atoms. The van der Waals surface area contributed by atoms with Gasteiger partial charge in [-0.05, 0) is 36.2 Å². The van der Waals surface area contributed by atoms with Crippen LogP contribution in [-0.4, -0.2) is 37.4 Å². The van der Waals surface area contributed by atoms with Gasteiger partial charge in [0.15, 0.2) is 6.61 Å². The van der Waals surface area contributed by atoms with E-state index in [2.05, 4.69) is 5.32 Å². The molecule has 1 N–H and O–H groups in total. The third-order valence-electron chi connectivity index (χ3n) is 3.91. The predicted octanol–water partition coefficient (Wildman–Crippen LogP) is 3.29. The lowest BCUT2D eigenvalue weighted by Crippen LogP contribution is -2.27. The monoisotopic (exact) mass is 340 g/mol. The Morgan fingerprint density at radius 3 is 2.24 bits per heavy atom. The summed E-state index contributed by atoms with van der Waals surface area (Å²) in [6.45, 7) is 1.99. The number of anilines is 1. The first-order chi connectivity index (χ1) is 12.0. The largest absolute Gasteiger partial charge is 0.484 e. The molecule has 5 nitrogen and oxygen atoms in total. The minimum absolute atomic E-state index is 0.00930.